The summed E-state index contributed by atoms with van der Waals surface area (Å²) in [6, 6.07) is 8.08. The van der Waals surface area contributed by atoms with Crippen LogP contribution in [0.1, 0.15) is 25.5 Å². The Morgan fingerprint density at radius 3 is 2.45 bits per heavy atom. The van der Waals surface area contributed by atoms with E-state index in [1.807, 2.05) is 11.0 Å². The van der Waals surface area contributed by atoms with E-state index in [9.17, 15) is 26.9 Å². The number of nitrogens with zero attached hydrogens (tertiary/aromatic N) is 7. The maximum atomic E-state index is 12.7. The largest absolute Gasteiger partial charge is 0.523 e. The van der Waals surface area contributed by atoms with Gasteiger partial charge in [-0.15, -0.1) is 5.10 Å². The number of aromatic nitrogens is 2. The SMILES string of the molecule is C[C@@H]1CN(c2ccc(C#N)n3nc(N4CCC(N5CCN(C)CC5)CC4)cc23)C[C@H](COS(=O)(=O)C(F)(F)F)O1. The summed E-state index contributed by atoms with van der Waals surface area (Å²) < 4.78 is 72.5. The van der Waals surface area contributed by atoms with Crippen LogP contribution in [0.2, 0.25) is 0 Å². The lowest BCUT2D eigenvalue weighted by atomic mass is 10.0. The molecule has 15 heteroatoms. The lowest BCUT2D eigenvalue weighted by molar-refractivity contribution is -0.0656. The highest BCUT2D eigenvalue weighted by Crippen LogP contribution is 2.32. The number of pyridine rings is 1. The number of piperazine rings is 1. The van der Waals surface area contributed by atoms with Gasteiger partial charge >= 0.3 is 15.6 Å². The van der Waals surface area contributed by atoms with Crippen LogP contribution in [0.15, 0.2) is 18.2 Å². The number of anilines is 2. The second-order valence-electron chi connectivity index (χ2n) is 10.7. The van der Waals surface area contributed by atoms with Crippen molar-refractivity contribution in [3.05, 3.63) is 23.9 Å². The highest BCUT2D eigenvalue weighted by Gasteiger charge is 2.48. The van der Waals surface area contributed by atoms with Crippen LogP contribution < -0.4 is 9.80 Å². The Labute approximate surface area is 231 Å². The number of morpholine rings is 1. The van der Waals surface area contributed by atoms with E-state index in [0.29, 0.717) is 23.8 Å². The van der Waals surface area contributed by atoms with Crippen LogP contribution in [0.4, 0.5) is 24.7 Å². The summed E-state index contributed by atoms with van der Waals surface area (Å²) in [5, 5.41) is 14.5. The zero-order valence-electron chi connectivity index (χ0n) is 22.5. The summed E-state index contributed by atoms with van der Waals surface area (Å²) in [7, 11) is -3.57. The molecule has 11 nitrogen and oxygen atoms in total. The minimum atomic E-state index is -5.72. The Kier molecular flexibility index (Phi) is 8.17. The molecule has 0 saturated carbocycles. The Morgan fingerprint density at radius 2 is 1.80 bits per heavy atom. The quantitative estimate of drug-likeness (QED) is 0.369. The van der Waals surface area contributed by atoms with Crippen molar-refractivity contribution >= 4 is 27.1 Å². The molecule has 3 saturated heterocycles. The zero-order chi connectivity index (χ0) is 28.7. The van der Waals surface area contributed by atoms with Gasteiger partial charge in [0.25, 0.3) is 0 Å². The zero-order valence-corrected chi connectivity index (χ0v) is 23.4. The molecule has 0 amide bonds. The molecule has 2 atom stereocenters. The number of nitriles is 1. The fraction of sp³-hybridized carbons (Fsp3) is 0.680. The van der Waals surface area contributed by atoms with Gasteiger partial charge < -0.3 is 19.4 Å². The third-order valence-corrected chi connectivity index (χ3v) is 8.92. The van der Waals surface area contributed by atoms with Crippen LogP contribution in [0.5, 0.6) is 0 Å². The molecule has 3 aliphatic rings. The summed E-state index contributed by atoms with van der Waals surface area (Å²) in [6.07, 6.45) is 0.744. The first kappa shape index (κ1) is 28.9. The second-order valence-corrected chi connectivity index (χ2v) is 12.3. The molecule has 0 radical (unpaired) electrons. The molecule has 220 valence electrons. The summed E-state index contributed by atoms with van der Waals surface area (Å²) in [4.78, 5) is 9.06. The van der Waals surface area contributed by atoms with Gasteiger partial charge in [0.05, 0.1) is 23.9 Å². The van der Waals surface area contributed by atoms with Crippen molar-refractivity contribution in [3.8, 4) is 6.07 Å². The Bertz CT molecular complexity index is 1350. The fourth-order valence-electron chi connectivity index (χ4n) is 5.77. The number of alkyl halides is 3. The van der Waals surface area contributed by atoms with Gasteiger partial charge in [-0.2, -0.15) is 26.9 Å². The lowest BCUT2D eigenvalue weighted by Crippen LogP contribution is -2.52. The maximum Gasteiger partial charge on any atom is 0.523 e. The second kappa shape index (κ2) is 11.3. The van der Waals surface area contributed by atoms with Crippen molar-refractivity contribution < 1.29 is 30.5 Å². The molecule has 3 fully saturated rings. The third kappa shape index (κ3) is 6.01. The number of halogens is 3. The molecule has 0 aromatic carbocycles. The number of hydrogen-bond acceptors (Lipinski definition) is 10. The van der Waals surface area contributed by atoms with E-state index < -0.39 is 34.4 Å². The van der Waals surface area contributed by atoms with Gasteiger partial charge in [0, 0.05) is 64.5 Å². The molecule has 5 rings (SSSR count). The molecule has 40 heavy (non-hydrogen) atoms. The van der Waals surface area contributed by atoms with Gasteiger partial charge in [-0.25, -0.2) is 4.52 Å². The van der Waals surface area contributed by atoms with Crippen LogP contribution in [0.3, 0.4) is 0 Å². The summed E-state index contributed by atoms with van der Waals surface area (Å²) in [5.74, 6) is 0.762. The van der Waals surface area contributed by atoms with E-state index in [1.54, 1.807) is 23.6 Å². The summed E-state index contributed by atoms with van der Waals surface area (Å²) in [5.41, 5.74) is -3.73. The highest BCUT2D eigenvalue weighted by molar-refractivity contribution is 7.87. The predicted molar refractivity (Wildman–Crippen MR) is 142 cm³/mol. The van der Waals surface area contributed by atoms with Crippen LogP contribution in [0.25, 0.3) is 5.52 Å². The van der Waals surface area contributed by atoms with E-state index in [0.717, 1.165) is 63.6 Å². The van der Waals surface area contributed by atoms with Gasteiger partial charge in [-0.1, -0.05) is 0 Å². The Balaban J connectivity index is 1.32. The van der Waals surface area contributed by atoms with E-state index >= 15 is 0 Å². The molecule has 2 aromatic heterocycles. The van der Waals surface area contributed by atoms with E-state index in [1.165, 1.54) is 0 Å². The number of likely N-dealkylation sites (N-methyl/N-ethyl adjacent to an activating group) is 1. The van der Waals surface area contributed by atoms with Crippen LogP contribution in [-0.2, 0) is 19.0 Å². The first-order valence-corrected chi connectivity index (χ1v) is 14.8. The Hall–Kier alpha value is -2.64. The third-order valence-electron chi connectivity index (χ3n) is 7.90. The van der Waals surface area contributed by atoms with Crippen LogP contribution >= 0.6 is 0 Å². The number of piperidine rings is 1. The first-order valence-electron chi connectivity index (χ1n) is 13.4. The van der Waals surface area contributed by atoms with Crippen molar-refractivity contribution in [2.24, 2.45) is 0 Å². The average molecular weight is 586 g/mol. The molecule has 0 N–H and O–H groups in total. The molecular weight excluding hydrogens is 551 g/mol. The number of rotatable bonds is 6. The van der Waals surface area contributed by atoms with E-state index in [-0.39, 0.29) is 6.54 Å². The number of fused-ring (bicyclic) bond motifs is 1. The van der Waals surface area contributed by atoms with Crippen molar-refractivity contribution in [3.63, 3.8) is 0 Å². The summed E-state index contributed by atoms with van der Waals surface area (Å²) in [6.45, 7) is 7.53. The summed E-state index contributed by atoms with van der Waals surface area (Å²) >= 11 is 0. The topological polar surface area (TPSA) is 107 Å². The maximum absolute atomic E-state index is 12.7. The Morgan fingerprint density at radius 1 is 1.10 bits per heavy atom. The van der Waals surface area contributed by atoms with Gasteiger partial charge in [-0.3, -0.25) is 9.08 Å². The highest BCUT2D eigenvalue weighted by atomic mass is 32.2. The number of ether oxygens (including phenoxy) is 1. The minimum Gasteiger partial charge on any atom is -0.369 e. The standard InChI is InChI=1S/C25H34F3N7O4S/c1-18-15-34(16-21(39-18)17-38-40(36,37)25(26,27)28)22-4-3-20(14-29)35-23(22)13-24(30-35)33-7-5-19(6-8-33)32-11-9-31(2)10-12-32/h3-4,13,18-19,21H,5-12,15-17H2,1-2H3/t18-,21-/m1/s1. The van der Waals surface area contributed by atoms with Crippen molar-refractivity contribution in [2.45, 2.75) is 43.5 Å². The van der Waals surface area contributed by atoms with E-state index in [4.69, 9.17) is 9.84 Å². The van der Waals surface area contributed by atoms with Crippen molar-refractivity contribution in [2.75, 3.05) is 75.8 Å². The molecule has 0 spiro atoms. The van der Waals surface area contributed by atoms with Gasteiger partial charge in [0.1, 0.15) is 17.9 Å². The van der Waals surface area contributed by atoms with Crippen LogP contribution in [0, 0.1) is 11.3 Å². The van der Waals surface area contributed by atoms with Crippen LogP contribution in [-0.4, -0.2) is 118 Å². The normalized spacial score (nSPS) is 24.5. The monoisotopic (exact) mass is 585 g/mol. The number of hydrogen-bond donors (Lipinski definition) is 0. The smallest absolute Gasteiger partial charge is 0.369 e. The predicted octanol–water partition coefficient (Wildman–Crippen LogP) is 1.88. The average Bonchev–Trinajstić information content (AvgIpc) is 3.37. The minimum absolute atomic E-state index is 0.107. The lowest BCUT2D eigenvalue weighted by Gasteiger charge is -2.42. The van der Waals surface area contributed by atoms with Gasteiger partial charge in [0.2, 0.25) is 0 Å². The van der Waals surface area contributed by atoms with Crippen molar-refractivity contribution in [1.82, 2.24) is 19.4 Å². The van der Waals surface area contributed by atoms with E-state index in [2.05, 4.69) is 32.0 Å². The molecule has 3 aliphatic heterocycles. The molecular formula is C25H34F3N7O4S. The molecule has 0 bridgehead atoms. The van der Waals surface area contributed by atoms with Crippen molar-refractivity contribution in [1.29, 1.82) is 5.26 Å². The molecule has 5 heterocycles. The van der Waals surface area contributed by atoms with Gasteiger partial charge in [-0.05, 0) is 38.9 Å². The first-order chi connectivity index (χ1) is 18.9. The molecule has 0 unspecified atom stereocenters. The molecule has 2 aromatic rings. The molecule has 0 aliphatic carbocycles. The fourth-order valence-corrected chi connectivity index (χ4v) is 6.23. The van der Waals surface area contributed by atoms with Gasteiger partial charge in [0.15, 0.2) is 5.82 Å².